The highest BCUT2D eigenvalue weighted by atomic mass is 127. The Morgan fingerprint density at radius 1 is 1.17 bits per heavy atom. The Balaban J connectivity index is 0.00000420. The highest BCUT2D eigenvalue weighted by molar-refractivity contribution is 14.0. The van der Waals surface area contributed by atoms with Crippen LogP contribution in [-0.2, 0) is 22.6 Å². The van der Waals surface area contributed by atoms with Gasteiger partial charge in [-0.3, -0.25) is 4.99 Å². The third-order valence-corrected chi connectivity index (χ3v) is 5.53. The molecule has 6 heteroatoms. The molecule has 0 atom stereocenters. The van der Waals surface area contributed by atoms with Gasteiger partial charge in [0.25, 0.3) is 0 Å². The number of rotatable bonds is 11. The van der Waals surface area contributed by atoms with Gasteiger partial charge in [-0.05, 0) is 56.6 Å². The van der Waals surface area contributed by atoms with Gasteiger partial charge in [0.2, 0.25) is 0 Å². The van der Waals surface area contributed by atoms with E-state index < -0.39 is 0 Å². The number of nitrogens with zero attached hydrogens (tertiary/aromatic N) is 1. The maximum absolute atomic E-state index is 5.71. The Bertz CT molecular complexity index is 602. The molecule has 0 spiro atoms. The number of aliphatic imine (C=N–C) groups is 1. The van der Waals surface area contributed by atoms with Crippen molar-refractivity contribution in [3.8, 4) is 0 Å². The zero-order valence-corrected chi connectivity index (χ0v) is 21.0. The first-order valence-corrected chi connectivity index (χ1v) is 10.8. The Labute approximate surface area is 194 Å². The van der Waals surface area contributed by atoms with E-state index in [0.29, 0.717) is 12.0 Å². The van der Waals surface area contributed by atoms with Crippen LogP contribution in [0.4, 0.5) is 0 Å². The first-order chi connectivity index (χ1) is 13.6. The lowest BCUT2D eigenvalue weighted by atomic mass is 9.83. The molecule has 1 aromatic carbocycles. The highest BCUT2D eigenvalue weighted by Gasteiger charge is 2.33. The molecule has 0 unspecified atom stereocenters. The number of guanidine groups is 1. The summed E-state index contributed by atoms with van der Waals surface area (Å²) in [6.45, 7) is 10.2. The monoisotopic (exact) mass is 517 g/mol. The normalized spacial score (nSPS) is 16.0. The fourth-order valence-corrected chi connectivity index (χ4v) is 3.84. The van der Waals surface area contributed by atoms with Crippen molar-refractivity contribution in [2.75, 3.05) is 26.8 Å². The van der Waals surface area contributed by atoms with Crippen molar-refractivity contribution in [3.05, 3.63) is 35.4 Å². The summed E-state index contributed by atoms with van der Waals surface area (Å²) >= 11 is 0. The number of hydrogen-bond acceptors (Lipinski definition) is 3. The van der Waals surface area contributed by atoms with Crippen LogP contribution in [0.15, 0.2) is 29.3 Å². The molecule has 0 aromatic heterocycles. The lowest BCUT2D eigenvalue weighted by Gasteiger charge is -2.30. The molecule has 0 saturated heterocycles. The van der Waals surface area contributed by atoms with Gasteiger partial charge in [-0.1, -0.05) is 37.1 Å². The highest BCUT2D eigenvalue weighted by Crippen LogP contribution is 2.40. The van der Waals surface area contributed by atoms with Crippen molar-refractivity contribution in [3.63, 3.8) is 0 Å². The minimum absolute atomic E-state index is 0. The average Bonchev–Trinajstić information content (AvgIpc) is 3.16. The predicted octanol–water partition coefficient (Wildman–Crippen LogP) is 4.88. The van der Waals surface area contributed by atoms with Crippen LogP contribution in [0.5, 0.6) is 0 Å². The molecule has 2 rings (SSSR count). The SMILES string of the molecule is CCOCCC1(CNC(=NC)NCc2cccc(COC(C)C)c2)CCCC1.I. The van der Waals surface area contributed by atoms with Crippen molar-refractivity contribution in [2.45, 2.75) is 72.1 Å². The van der Waals surface area contributed by atoms with E-state index in [-0.39, 0.29) is 30.1 Å². The number of nitrogens with one attached hydrogen (secondary N) is 2. The molecule has 0 aliphatic heterocycles. The molecule has 166 valence electrons. The molecule has 1 aromatic rings. The van der Waals surface area contributed by atoms with Gasteiger partial charge < -0.3 is 20.1 Å². The zero-order chi connectivity index (χ0) is 20.2. The van der Waals surface area contributed by atoms with Crippen molar-refractivity contribution in [1.29, 1.82) is 0 Å². The summed E-state index contributed by atoms with van der Waals surface area (Å²) in [5.74, 6) is 0.867. The predicted molar refractivity (Wildman–Crippen MR) is 132 cm³/mol. The van der Waals surface area contributed by atoms with Crippen molar-refractivity contribution < 1.29 is 9.47 Å². The topological polar surface area (TPSA) is 54.9 Å². The van der Waals surface area contributed by atoms with E-state index in [9.17, 15) is 0 Å². The van der Waals surface area contributed by atoms with Crippen LogP contribution in [0, 0.1) is 5.41 Å². The summed E-state index contributed by atoms with van der Waals surface area (Å²) in [6, 6.07) is 8.54. The van der Waals surface area contributed by atoms with E-state index >= 15 is 0 Å². The van der Waals surface area contributed by atoms with Crippen molar-refractivity contribution >= 4 is 29.9 Å². The van der Waals surface area contributed by atoms with Crippen LogP contribution < -0.4 is 10.6 Å². The van der Waals surface area contributed by atoms with E-state index in [1.54, 1.807) is 0 Å². The molecule has 1 aliphatic carbocycles. The van der Waals surface area contributed by atoms with Crippen LogP contribution in [-0.4, -0.2) is 38.9 Å². The molecule has 5 nitrogen and oxygen atoms in total. The van der Waals surface area contributed by atoms with Crippen LogP contribution in [0.3, 0.4) is 0 Å². The quantitative estimate of drug-likeness (QED) is 0.190. The number of benzene rings is 1. The molecule has 0 radical (unpaired) electrons. The number of ether oxygens (including phenoxy) is 2. The molecule has 1 aliphatic rings. The largest absolute Gasteiger partial charge is 0.382 e. The minimum Gasteiger partial charge on any atom is -0.382 e. The second-order valence-electron chi connectivity index (χ2n) is 8.11. The second-order valence-corrected chi connectivity index (χ2v) is 8.11. The van der Waals surface area contributed by atoms with Gasteiger partial charge in [0.15, 0.2) is 5.96 Å². The standard InChI is InChI=1S/C23H39N3O2.HI/c1-5-27-14-13-23(11-6-7-12-23)18-26-22(24-4)25-16-20-9-8-10-21(15-20)17-28-19(2)3;/h8-10,15,19H,5-7,11-14,16-18H2,1-4H3,(H2,24,25,26);1H. The lowest BCUT2D eigenvalue weighted by molar-refractivity contribution is 0.0657. The fraction of sp³-hybridized carbons (Fsp3) is 0.696. The van der Waals surface area contributed by atoms with Gasteiger partial charge in [-0.2, -0.15) is 0 Å². The summed E-state index contributed by atoms with van der Waals surface area (Å²) in [4.78, 5) is 4.41. The molecule has 0 heterocycles. The third kappa shape index (κ3) is 9.66. The number of halogens is 1. The molecule has 1 fully saturated rings. The Hall–Kier alpha value is -0.860. The summed E-state index contributed by atoms with van der Waals surface area (Å²) in [5.41, 5.74) is 2.79. The van der Waals surface area contributed by atoms with E-state index in [0.717, 1.165) is 38.7 Å². The number of hydrogen-bond donors (Lipinski definition) is 2. The first kappa shape index (κ1) is 26.2. The molecular weight excluding hydrogens is 477 g/mol. The zero-order valence-electron chi connectivity index (χ0n) is 18.6. The van der Waals surface area contributed by atoms with Crippen LogP contribution >= 0.6 is 24.0 Å². The smallest absolute Gasteiger partial charge is 0.191 e. The van der Waals surface area contributed by atoms with Gasteiger partial charge in [-0.25, -0.2) is 0 Å². The first-order valence-electron chi connectivity index (χ1n) is 10.8. The Kier molecular flexibility index (Phi) is 12.8. The summed E-state index contributed by atoms with van der Waals surface area (Å²) < 4.78 is 11.3. The maximum atomic E-state index is 5.71. The van der Waals surface area contributed by atoms with Gasteiger partial charge >= 0.3 is 0 Å². The van der Waals surface area contributed by atoms with Crippen molar-refractivity contribution in [1.82, 2.24) is 10.6 Å². The van der Waals surface area contributed by atoms with Crippen LogP contribution in [0.2, 0.25) is 0 Å². The van der Waals surface area contributed by atoms with Gasteiger partial charge in [-0.15, -0.1) is 24.0 Å². The molecule has 1 saturated carbocycles. The molecule has 2 N–H and O–H groups in total. The summed E-state index contributed by atoms with van der Waals surface area (Å²) in [5, 5.41) is 7.02. The van der Waals surface area contributed by atoms with Gasteiger partial charge in [0, 0.05) is 33.4 Å². The minimum atomic E-state index is 0. The van der Waals surface area contributed by atoms with E-state index in [1.807, 2.05) is 7.05 Å². The summed E-state index contributed by atoms with van der Waals surface area (Å²) in [7, 11) is 1.84. The molecule has 0 amide bonds. The second kappa shape index (κ2) is 14.2. The fourth-order valence-electron chi connectivity index (χ4n) is 3.84. The average molecular weight is 517 g/mol. The van der Waals surface area contributed by atoms with Gasteiger partial charge in [0.1, 0.15) is 0 Å². The van der Waals surface area contributed by atoms with E-state index in [1.165, 1.54) is 36.8 Å². The summed E-state index contributed by atoms with van der Waals surface area (Å²) in [6.07, 6.45) is 6.58. The maximum Gasteiger partial charge on any atom is 0.191 e. The third-order valence-electron chi connectivity index (χ3n) is 5.53. The lowest BCUT2D eigenvalue weighted by Crippen LogP contribution is -2.43. The van der Waals surface area contributed by atoms with Crippen molar-refractivity contribution in [2.24, 2.45) is 10.4 Å². The Morgan fingerprint density at radius 3 is 2.55 bits per heavy atom. The molecule has 29 heavy (non-hydrogen) atoms. The Morgan fingerprint density at radius 2 is 1.90 bits per heavy atom. The van der Waals surface area contributed by atoms with E-state index in [4.69, 9.17) is 9.47 Å². The van der Waals surface area contributed by atoms with E-state index in [2.05, 4.69) is 60.7 Å². The molecular formula is C23H40IN3O2. The molecule has 0 bridgehead atoms. The van der Waals surface area contributed by atoms with Crippen LogP contribution in [0.25, 0.3) is 0 Å². The van der Waals surface area contributed by atoms with Gasteiger partial charge in [0.05, 0.1) is 12.7 Å². The van der Waals surface area contributed by atoms with Crippen LogP contribution in [0.1, 0.15) is 64.0 Å².